The van der Waals surface area contributed by atoms with Gasteiger partial charge in [-0.15, -0.1) is 0 Å². The quantitative estimate of drug-likeness (QED) is 0.484. The molecule has 0 spiro atoms. The van der Waals surface area contributed by atoms with Gasteiger partial charge >= 0.3 is 6.09 Å². The Morgan fingerprint density at radius 1 is 1.61 bits per heavy atom. The van der Waals surface area contributed by atoms with Gasteiger partial charge in [0.25, 0.3) is 6.43 Å². The number of nitrogens with one attached hydrogen (secondary N) is 1. The Morgan fingerprint density at radius 3 is 2.96 bits per heavy atom. The highest BCUT2D eigenvalue weighted by Gasteiger charge is 2.33. The van der Waals surface area contributed by atoms with Gasteiger partial charge in [0.15, 0.2) is 5.82 Å². The number of cyclic esters (lactones) is 1. The molecule has 3 N–H and O–H groups in total. The molecule has 1 saturated heterocycles. The molecule has 2 rings (SSSR count). The van der Waals surface area contributed by atoms with Gasteiger partial charge in [0, 0.05) is 0 Å². The molecule has 0 radical (unpaired) electrons. The van der Waals surface area contributed by atoms with Crippen molar-refractivity contribution in [3.8, 4) is 0 Å². The zero-order valence-corrected chi connectivity index (χ0v) is 12.5. The Labute approximate surface area is 135 Å². The Morgan fingerprint density at radius 2 is 2.35 bits per heavy atom. The molecular weight excluding hydrogens is 333 g/mol. The number of alkyl halides is 2. The first-order chi connectivity index (χ1) is 10.9. The largest absolute Gasteiger partial charge is 0.442 e. The lowest BCUT2D eigenvalue weighted by molar-refractivity contribution is 0.142. The maximum Gasteiger partial charge on any atom is 0.414 e. The fraction of sp³-hybridized carbons (Fsp3) is 0.308. The molecule has 10 heteroatoms. The summed E-state index contributed by atoms with van der Waals surface area (Å²) in [5.74, 6) is -0.655. The van der Waals surface area contributed by atoms with Crippen LogP contribution >= 0.6 is 12.2 Å². The number of halogens is 3. The molecule has 0 unspecified atom stereocenters. The van der Waals surface area contributed by atoms with E-state index in [1.165, 1.54) is 17.0 Å². The number of amides is 1. The predicted molar refractivity (Wildman–Crippen MR) is 83.0 cm³/mol. The molecule has 1 aliphatic rings. The van der Waals surface area contributed by atoms with E-state index < -0.39 is 29.4 Å². The van der Waals surface area contributed by atoms with Crippen molar-refractivity contribution in [3.63, 3.8) is 0 Å². The van der Waals surface area contributed by atoms with E-state index >= 15 is 0 Å². The van der Waals surface area contributed by atoms with Gasteiger partial charge in [0.2, 0.25) is 0 Å². The van der Waals surface area contributed by atoms with Crippen LogP contribution in [0.4, 0.5) is 29.3 Å². The van der Waals surface area contributed by atoms with E-state index in [-0.39, 0.29) is 24.5 Å². The highest BCUT2D eigenvalue weighted by atomic mass is 32.1. The average molecular weight is 346 g/mol. The van der Waals surface area contributed by atoms with E-state index in [0.717, 1.165) is 12.4 Å². The van der Waals surface area contributed by atoms with Crippen molar-refractivity contribution in [3.05, 3.63) is 24.0 Å². The summed E-state index contributed by atoms with van der Waals surface area (Å²) in [5, 5.41) is 2.32. The van der Waals surface area contributed by atoms with Gasteiger partial charge in [-0.2, -0.15) is 0 Å². The molecule has 1 aromatic rings. The number of carbonyl (C=O) groups is 1. The number of nitrogens with zero attached hydrogens (tertiary/aromatic N) is 2. The number of thiocarbonyl (C=S) groups is 1. The van der Waals surface area contributed by atoms with Gasteiger partial charge in [-0.05, 0) is 18.2 Å². The number of hydrogen-bond acceptors (Lipinski definition) is 4. The molecule has 0 saturated carbocycles. The fourth-order valence-corrected chi connectivity index (χ4v) is 2.06. The maximum absolute atomic E-state index is 13.8. The van der Waals surface area contributed by atoms with E-state index in [1.807, 2.05) is 0 Å². The van der Waals surface area contributed by atoms with E-state index in [9.17, 15) is 18.0 Å². The highest BCUT2D eigenvalue weighted by molar-refractivity contribution is 7.80. The molecule has 1 atom stereocenters. The van der Waals surface area contributed by atoms with Gasteiger partial charge in [0.05, 0.1) is 25.1 Å². The molecule has 23 heavy (non-hydrogen) atoms. The number of nitrogens with two attached hydrogens (primary N) is 1. The second-order valence-electron chi connectivity index (χ2n) is 4.58. The minimum absolute atomic E-state index is 0.0318. The Balaban J connectivity index is 2.03. The Hall–Kier alpha value is -2.36. The molecule has 1 amide bonds. The van der Waals surface area contributed by atoms with Crippen LogP contribution in [-0.2, 0) is 4.74 Å². The third-order valence-corrected chi connectivity index (χ3v) is 3.36. The fourth-order valence-electron chi connectivity index (χ4n) is 1.98. The highest BCUT2D eigenvalue weighted by Crippen LogP contribution is 2.27. The van der Waals surface area contributed by atoms with Crippen molar-refractivity contribution in [2.24, 2.45) is 10.7 Å². The van der Waals surface area contributed by atoms with Crippen LogP contribution in [0, 0.1) is 5.82 Å². The van der Waals surface area contributed by atoms with E-state index in [0.29, 0.717) is 0 Å². The molecule has 0 aliphatic carbocycles. The van der Waals surface area contributed by atoms with Crippen LogP contribution < -0.4 is 16.0 Å². The van der Waals surface area contributed by atoms with Gasteiger partial charge in [-0.25, -0.2) is 23.0 Å². The van der Waals surface area contributed by atoms with Crippen LogP contribution in [0.2, 0.25) is 0 Å². The first-order valence-corrected chi connectivity index (χ1v) is 6.91. The lowest BCUT2D eigenvalue weighted by atomic mass is 10.2. The average Bonchev–Trinajstić information content (AvgIpc) is 2.88. The van der Waals surface area contributed by atoms with Crippen LogP contribution in [0.3, 0.4) is 0 Å². The minimum atomic E-state index is -2.78. The minimum Gasteiger partial charge on any atom is -0.442 e. The number of aliphatic imine (C=N–C) groups is 1. The molecule has 124 valence electrons. The molecule has 6 nitrogen and oxygen atoms in total. The van der Waals surface area contributed by atoms with Crippen molar-refractivity contribution in [2.75, 3.05) is 18.0 Å². The van der Waals surface area contributed by atoms with Crippen LogP contribution in [0.1, 0.15) is 0 Å². The first kappa shape index (κ1) is 17.0. The molecule has 1 fully saturated rings. The molecule has 0 bridgehead atoms. The summed E-state index contributed by atoms with van der Waals surface area (Å²) in [5.41, 5.74) is 5.39. The summed E-state index contributed by atoms with van der Waals surface area (Å²) in [6.07, 6.45) is -3.20. The SMILES string of the molecule is NC=Nc1ccc(N2C[C@H](CNC(=S)C(F)F)OC2=O)cc1F. The molecule has 1 aliphatic heterocycles. The summed E-state index contributed by atoms with van der Waals surface area (Å²) in [6, 6.07) is 3.95. The van der Waals surface area contributed by atoms with Gasteiger partial charge < -0.3 is 15.8 Å². The van der Waals surface area contributed by atoms with Crippen molar-refractivity contribution in [2.45, 2.75) is 12.5 Å². The summed E-state index contributed by atoms with van der Waals surface area (Å²) >= 11 is 4.43. The van der Waals surface area contributed by atoms with Crippen molar-refractivity contribution in [1.82, 2.24) is 5.32 Å². The van der Waals surface area contributed by atoms with Gasteiger partial charge in [-0.1, -0.05) is 12.2 Å². The van der Waals surface area contributed by atoms with Crippen LogP contribution in [0.15, 0.2) is 23.2 Å². The molecule has 1 aromatic carbocycles. The Kier molecular flexibility index (Phi) is 5.37. The Bertz CT molecular complexity index is 642. The number of rotatable bonds is 5. The van der Waals surface area contributed by atoms with Crippen molar-refractivity contribution >= 4 is 41.0 Å². The molecule has 1 heterocycles. The van der Waals surface area contributed by atoms with E-state index in [1.54, 1.807) is 0 Å². The zero-order valence-electron chi connectivity index (χ0n) is 11.7. The predicted octanol–water partition coefficient (Wildman–Crippen LogP) is 1.95. The van der Waals surface area contributed by atoms with E-state index in [2.05, 4.69) is 22.5 Å². The lowest BCUT2D eigenvalue weighted by Gasteiger charge is -2.14. The van der Waals surface area contributed by atoms with Crippen LogP contribution in [0.5, 0.6) is 0 Å². The summed E-state index contributed by atoms with van der Waals surface area (Å²) in [4.78, 5) is 16.0. The summed E-state index contributed by atoms with van der Waals surface area (Å²) in [7, 11) is 0. The zero-order chi connectivity index (χ0) is 17.0. The van der Waals surface area contributed by atoms with Crippen molar-refractivity contribution in [1.29, 1.82) is 0 Å². The first-order valence-electron chi connectivity index (χ1n) is 6.50. The summed E-state index contributed by atoms with van der Waals surface area (Å²) in [6.45, 7) is 0.0279. The summed E-state index contributed by atoms with van der Waals surface area (Å²) < 4.78 is 43.4. The van der Waals surface area contributed by atoms with Gasteiger partial charge in [-0.3, -0.25) is 4.90 Å². The monoisotopic (exact) mass is 346 g/mol. The van der Waals surface area contributed by atoms with E-state index in [4.69, 9.17) is 10.5 Å². The third-order valence-electron chi connectivity index (χ3n) is 3.03. The topological polar surface area (TPSA) is 79.9 Å². The smallest absolute Gasteiger partial charge is 0.414 e. The number of benzene rings is 1. The standard InChI is InChI=1S/C13H13F3N4O2S/c14-9-3-7(1-2-10(9)19-6-17)20-5-8(22-13(20)21)4-18-12(23)11(15)16/h1-3,6,8,11H,4-5H2,(H2,17,19)(H,18,23)/t8-/m0/s1. The molecular formula is C13H13F3N4O2S. The van der Waals surface area contributed by atoms with Crippen molar-refractivity contribution < 1.29 is 22.7 Å². The number of ether oxygens (including phenoxy) is 1. The number of anilines is 1. The molecule has 0 aromatic heterocycles. The second-order valence-corrected chi connectivity index (χ2v) is 5.02. The van der Waals surface area contributed by atoms with Crippen LogP contribution in [-0.4, -0.2) is 43.0 Å². The lowest BCUT2D eigenvalue weighted by Crippen LogP contribution is -2.36. The maximum atomic E-state index is 13.8. The van der Waals surface area contributed by atoms with Crippen LogP contribution in [0.25, 0.3) is 0 Å². The third kappa shape index (κ3) is 4.09. The number of hydrogen-bond donors (Lipinski definition) is 2. The number of carbonyl (C=O) groups excluding carboxylic acids is 1. The normalized spacial score (nSPS) is 17.8. The second kappa shape index (κ2) is 7.27. The van der Waals surface area contributed by atoms with Gasteiger partial charge in [0.1, 0.15) is 16.8 Å².